The third-order valence-corrected chi connectivity index (χ3v) is 3.99. The van der Waals surface area contributed by atoms with Gasteiger partial charge in [0.2, 0.25) is 0 Å². The summed E-state index contributed by atoms with van der Waals surface area (Å²) in [6, 6.07) is 0. The number of hydrogen-bond donors (Lipinski definition) is 0. The van der Waals surface area contributed by atoms with Crippen LogP contribution in [0.15, 0.2) is 0 Å². The molecule has 0 aromatic carbocycles. The van der Waals surface area contributed by atoms with Gasteiger partial charge in [0.05, 0.1) is 0 Å². The molecule has 0 aliphatic carbocycles. The Morgan fingerprint density at radius 1 is 0.737 bits per heavy atom. The molecule has 0 heterocycles. The molecule has 0 spiro atoms. The van der Waals surface area contributed by atoms with Gasteiger partial charge in [0.1, 0.15) is 5.01 Å². The highest BCUT2D eigenvalue weighted by Crippen LogP contribution is 2.14. The number of ether oxygens (including phenoxy) is 2. The van der Waals surface area contributed by atoms with E-state index in [1.54, 1.807) is 0 Å². The Morgan fingerprint density at radius 2 is 1.26 bits per heavy atom. The molecule has 19 heavy (non-hydrogen) atoms. The van der Waals surface area contributed by atoms with Crippen molar-refractivity contribution < 1.29 is 9.47 Å². The Bertz CT molecular complexity index is 165. The van der Waals surface area contributed by atoms with Crippen molar-refractivity contribution in [1.29, 1.82) is 0 Å². The first kappa shape index (κ1) is 19.4. The first-order chi connectivity index (χ1) is 9.31. The third kappa shape index (κ3) is 16.3. The fourth-order valence-electron chi connectivity index (χ4n) is 2.15. The average molecular weight is 337 g/mol. The molecule has 0 saturated heterocycles. The minimum Gasteiger partial charge on any atom is -0.382 e. The van der Waals surface area contributed by atoms with Crippen LogP contribution < -0.4 is 0 Å². The summed E-state index contributed by atoms with van der Waals surface area (Å²) in [5, 5.41) is 0.267. The molecule has 1 atom stereocenters. The second kappa shape index (κ2) is 16.5. The van der Waals surface area contributed by atoms with Gasteiger partial charge in [-0.05, 0) is 33.1 Å². The van der Waals surface area contributed by atoms with E-state index < -0.39 is 0 Å². The van der Waals surface area contributed by atoms with Crippen molar-refractivity contribution in [1.82, 2.24) is 0 Å². The molecule has 0 aliphatic heterocycles. The van der Waals surface area contributed by atoms with Crippen molar-refractivity contribution in [2.24, 2.45) is 0 Å². The van der Waals surface area contributed by atoms with Gasteiger partial charge in [-0.15, -0.1) is 0 Å². The summed E-state index contributed by atoms with van der Waals surface area (Å²) in [5.74, 6) is 0. The monoisotopic (exact) mass is 336 g/mol. The maximum absolute atomic E-state index is 5.45. The standard InChI is InChI=1S/C16H33BrO2/c1-3-18-15-13-11-9-7-5-6-8-10-12-14-16(17)19-4-2/h16H,3-15H2,1-2H3. The quantitative estimate of drug-likeness (QED) is 0.283. The lowest BCUT2D eigenvalue weighted by Crippen LogP contribution is -2.03. The largest absolute Gasteiger partial charge is 0.382 e. The minimum atomic E-state index is 0.267. The second-order valence-electron chi connectivity index (χ2n) is 5.03. The highest BCUT2D eigenvalue weighted by Gasteiger charge is 2.01. The lowest BCUT2D eigenvalue weighted by Gasteiger charge is -2.09. The highest BCUT2D eigenvalue weighted by atomic mass is 79.9. The summed E-state index contributed by atoms with van der Waals surface area (Å²) >= 11 is 3.53. The summed E-state index contributed by atoms with van der Waals surface area (Å²) < 4.78 is 10.8. The molecular weight excluding hydrogens is 304 g/mol. The van der Waals surface area contributed by atoms with Crippen LogP contribution >= 0.6 is 15.9 Å². The van der Waals surface area contributed by atoms with Crippen molar-refractivity contribution in [2.75, 3.05) is 19.8 Å². The second-order valence-corrected chi connectivity index (χ2v) is 6.05. The molecule has 0 amide bonds. The SMILES string of the molecule is CCOCCCCCCCCCCCC(Br)OCC. The summed E-state index contributed by atoms with van der Waals surface area (Å²) in [6.45, 7) is 6.72. The van der Waals surface area contributed by atoms with Crippen LogP contribution in [0.5, 0.6) is 0 Å². The van der Waals surface area contributed by atoms with Crippen LogP contribution in [0.1, 0.15) is 78.1 Å². The summed E-state index contributed by atoms with van der Waals surface area (Å²) in [4.78, 5) is 0. The van der Waals surface area contributed by atoms with E-state index in [0.29, 0.717) is 0 Å². The first-order valence-electron chi connectivity index (χ1n) is 8.14. The molecule has 116 valence electrons. The topological polar surface area (TPSA) is 18.5 Å². The Kier molecular flexibility index (Phi) is 16.8. The highest BCUT2D eigenvalue weighted by molar-refractivity contribution is 9.09. The van der Waals surface area contributed by atoms with Gasteiger partial charge in [0.25, 0.3) is 0 Å². The zero-order valence-corrected chi connectivity index (χ0v) is 14.6. The van der Waals surface area contributed by atoms with E-state index in [2.05, 4.69) is 22.9 Å². The van der Waals surface area contributed by atoms with Crippen LogP contribution in [-0.4, -0.2) is 24.8 Å². The van der Waals surface area contributed by atoms with Crippen molar-refractivity contribution in [3.63, 3.8) is 0 Å². The van der Waals surface area contributed by atoms with E-state index >= 15 is 0 Å². The van der Waals surface area contributed by atoms with Gasteiger partial charge in [-0.25, -0.2) is 0 Å². The van der Waals surface area contributed by atoms with Crippen molar-refractivity contribution >= 4 is 15.9 Å². The van der Waals surface area contributed by atoms with Crippen LogP contribution in [0.2, 0.25) is 0 Å². The van der Waals surface area contributed by atoms with E-state index in [4.69, 9.17) is 9.47 Å². The van der Waals surface area contributed by atoms with E-state index in [9.17, 15) is 0 Å². The summed E-state index contributed by atoms with van der Waals surface area (Å²) in [7, 11) is 0. The molecule has 0 fully saturated rings. The van der Waals surface area contributed by atoms with Gasteiger partial charge < -0.3 is 9.47 Å². The van der Waals surface area contributed by atoms with Crippen molar-refractivity contribution in [3.05, 3.63) is 0 Å². The zero-order valence-electron chi connectivity index (χ0n) is 13.0. The van der Waals surface area contributed by atoms with E-state index in [0.717, 1.165) is 26.2 Å². The van der Waals surface area contributed by atoms with E-state index in [1.807, 2.05) is 6.92 Å². The summed E-state index contributed by atoms with van der Waals surface area (Å²) in [5.41, 5.74) is 0. The Hall–Kier alpha value is 0.400. The van der Waals surface area contributed by atoms with Gasteiger partial charge >= 0.3 is 0 Å². The molecule has 2 nitrogen and oxygen atoms in total. The smallest absolute Gasteiger partial charge is 0.112 e. The van der Waals surface area contributed by atoms with Crippen LogP contribution in [-0.2, 0) is 9.47 Å². The Morgan fingerprint density at radius 3 is 1.79 bits per heavy atom. The third-order valence-electron chi connectivity index (χ3n) is 3.27. The zero-order chi connectivity index (χ0) is 14.2. The Labute approximate surface area is 128 Å². The molecule has 3 heteroatoms. The number of alkyl halides is 1. The van der Waals surface area contributed by atoms with Crippen LogP contribution in [0.25, 0.3) is 0 Å². The minimum absolute atomic E-state index is 0.267. The van der Waals surface area contributed by atoms with Gasteiger partial charge in [0.15, 0.2) is 0 Å². The van der Waals surface area contributed by atoms with Crippen molar-refractivity contribution in [3.8, 4) is 0 Å². The predicted octanol–water partition coefficient (Wildman–Crippen LogP) is 5.68. The Balaban J connectivity index is 2.99. The number of hydrogen-bond acceptors (Lipinski definition) is 2. The molecule has 1 unspecified atom stereocenters. The van der Waals surface area contributed by atoms with E-state index in [1.165, 1.54) is 57.8 Å². The van der Waals surface area contributed by atoms with Gasteiger partial charge in [-0.1, -0.05) is 60.9 Å². The van der Waals surface area contributed by atoms with E-state index in [-0.39, 0.29) is 5.01 Å². The first-order valence-corrected chi connectivity index (χ1v) is 9.06. The van der Waals surface area contributed by atoms with Crippen LogP contribution in [0.3, 0.4) is 0 Å². The number of unbranched alkanes of at least 4 members (excludes halogenated alkanes) is 8. The van der Waals surface area contributed by atoms with Crippen LogP contribution in [0.4, 0.5) is 0 Å². The van der Waals surface area contributed by atoms with Gasteiger partial charge in [-0.3, -0.25) is 0 Å². The number of halogens is 1. The molecule has 0 rings (SSSR count). The maximum atomic E-state index is 5.45. The average Bonchev–Trinajstić information content (AvgIpc) is 2.40. The molecule has 0 radical (unpaired) electrons. The number of rotatable bonds is 15. The lowest BCUT2D eigenvalue weighted by atomic mass is 10.1. The van der Waals surface area contributed by atoms with Crippen molar-refractivity contribution in [2.45, 2.75) is 83.1 Å². The maximum Gasteiger partial charge on any atom is 0.112 e. The molecule has 0 bridgehead atoms. The normalized spacial score (nSPS) is 12.8. The molecule has 0 N–H and O–H groups in total. The fraction of sp³-hybridized carbons (Fsp3) is 1.00. The molecule has 0 aromatic heterocycles. The molecule has 0 aromatic rings. The summed E-state index contributed by atoms with van der Waals surface area (Å²) in [6.07, 6.45) is 13.3. The fourth-order valence-corrected chi connectivity index (χ4v) is 2.74. The predicted molar refractivity (Wildman–Crippen MR) is 87.0 cm³/mol. The molecular formula is C16H33BrO2. The van der Waals surface area contributed by atoms with Gasteiger partial charge in [0, 0.05) is 19.8 Å². The van der Waals surface area contributed by atoms with Crippen LogP contribution in [0, 0.1) is 0 Å². The lowest BCUT2D eigenvalue weighted by molar-refractivity contribution is 0.122. The molecule has 0 saturated carbocycles. The van der Waals surface area contributed by atoms with Gasteiger partial charge in [-0.2, -0.15) is 0 Å². The molecule has 0 aliphatic rings.